The molecule has 0 radical (unpaired) electrons. The van der Waals surface area contributed by atoms with E-state index >= 15 is 0 Å². The van der Waals surface area contributed by atoms with Crippen LogP contribution in [0.3, 0.4) is 0 Å². The second kappa shape index (κ2) is 10.3. The summed E-state index contributed by atoms with van der Waals surface area (Å²) in [5, 5.41) is 5.00. The Hall–Kier alpha value is -4.04. The van der Waals surface area contributed by atoms with Crippen LogP contribution in [0.4, 0.5) is 0 Å². The molecule has 8 heteroatoms. The molecule has 1 fully saturated rings. The molecule has 186 valence electrons. The van der Waals surface area contributed by atoms with Gasteiger partial charge in [0.05, 0.1) is 26.7 Å². The fraction of sp³-hybridized carbons (Fsp3) is 0.286. The van der Waals surface area contributed by atoms with Crippen molar-refractivity contribution in [3.63, 3.8) is 0 Å². The van der Waals surface area contributed by atoms with Gasteiger partial charge >= 0.3 is 0 Å². The average Bonchev–Trinajstić information content (AvgIpc) is 3.36. The Morgan fingerprint density at radius 3 is 2.33 bits per heavy atom. The van der Waals surface area contributed by atoms with Crippen molar-refractivity contribution in [2.45, 2.75) is 6.54 Å². The molecule has 0 bridgehead atoms. The third-order valence-corrected chi connectivity index (χ3v) is 6.60. The molecule has 8 nitrogen and oxygen atoms in total. The van der Waals surface area contributed by atoms with Gasteiger partial charge in [-0.15, -0.1) is 0 Å². The van der Waals surface area contributed by atoms with E-state index < -0.39 is 0 Å². The van der Waals surface area contributed by atoms with Gasteiger partial charge in [0.25, 0.3) is 5.91 Å². The van der Waals surface area contributed by atoms with Gasteiger partial charge in [0.2, 0.25) is 5.75 Å². The minimum Gasteiger partial charge on any atom is -0.493 e. The zero-order valence-electron chi connectivity index (χ0n) is 20.7. The van der Waals surface area contributed by atoms with Crippen molar-refractivity contribution in [2.75, 3.05) is 47.5 Å². The molecular weight excluding hydrogens is 458 g/mol. The number of rotatable bonds is 7. The average molecular weight is 488 g/mol. The SMILES string of the molecule is COc1ccc(CN2CCN(C(=O)c3ccc4noc(-c5ccccc5)c4c3)CC2)c(OC)c1OC. The van der Waals surface area contributed by atoms with Crippen molar-refractivity contribution in [1.82, 2.24) is 15.0 Å². The number of carbonyl (C=O) groups is 1. The highest BCUT2D eigenvalue weighted by Gasteiger charge is 2.25. The summed E-state index contributed by atoms with van der Waals surface area (Å²) in [6.45, 7) is 3.49. The van der Waals surface area contributed by atoms with Gasteiger partial charge < -0.3 is 23.6 Å². The Morgan fingerprint density at radius 2 is 1.64 bits per heavy atom. The first-order valence-electron chi connectivity index (χ1n) is 11.9. The lowest BCUT2D eigenvalue weighted by atomic mass is 10.1. The minimum absolute atomic E-state index is 0.0143. The maximum Gasteiger partial charge on any atom is 0.253 e. The van der Waals surface area contributed by atoms with Crippen LogP contribution in [0.15, 0.2) is 65.2 Å². The molecule has 1 amide bonds. The van der Waals surface area contributed by atoms with Crippen LogP contribution >= 0.6 is 0 Å². The Bertz CT molecular complexity index is 1360. The van der Waals surface area contributed by atoms with Crippen LogP contribution in [0.25, 0.3) is 22.2 Å². The third kappa shape index (κ3) is 4.47. The number of methoxy groups -OCH3 is 3. The van der Waals surface area contributed by atoms with Gasteiger partial charge in [-0.25, -0.2) is 0 Å². The molecule has 1 aliphatic heterocycles. The maximum atomic E-state index is 13.3. The fourth-order valence-corrected chi connectivity index (χ4v) is 4.69. The number of hydrogen-bond donors (Lipinski definition) is 0. The second-order valence-electron chi connectivity index (χ2n) is 8.67. The molecule has 2 heterocycles. The molecule has 1 aliphatic rings. The number of amides is 1. The largest absolute Gasteiger partial charge is 0.493 e. The quantitative estimate of drug-likeness (QED) is 0.380. The van der Waals surface area contributed by atoms with E-state index in [2.05, 4.69) is 10.1 Å². The van der Waals surface area contributed by atoms with Crippen molar-refractivity contribution in [1.29, 1.82) is 0 Å². The lowest BCUT2D eigenvalue weighted by Crippen LogP contribution is -2.48. The van der Waals surface area contributed by atoms with Crippen molar-refractivity contribution >= 4 is 16.8 Å². The lowest BCUT2D eigenvalue weighted by Gasteiger charge is -2.35. The predicted molar refractivity (Wildman–Crippen MR) is 137 cm³/mol. The molecule has 0 spiro atoms. The molecule has 36 heavy (non-hydrogen) atoms. The van der Waals surface area contributed by atoms with Crippen LogP contribution in [0.5, 0.6) is 17.2 Å². The minimum atomic E-state index is 0.0143. The van der Waals surface area contributed by atoms with E-state index in [1.807, 2.05) is 65.6 Å². The Morgan fingerprint density at radius 1 is 0.889 bits per heavy atom. The van der Waals surface area contributed by atoms with Crippen LogP contribution in [0.1, 0.15) is 15.9 Å². The molecule has 4 aromatic rings. The van der Waals surface area contributed by atoms with Gasteiger partial charge in [0, 0.05) is 49.4 Å². The number of carbonyl (C=O) groups excluding carboxylic acids is 1. The van der Waals surface area contributed by atoms with E-state index in [4.69, 9.17) is 18.7 Å². The van der Waals surface area contributed by atoms with Crippen LogP contribution in [0.2, 0.25) is 0 Å². The zero-order valence-corrected chi connectivity index (χ0v) is 20.7. The molecule has 0 unspecified atom stereocenters. The monoisotopic (exact) mass is 487 g/mol. The molecule has 0 aliphatic carbocycles. The second-order valence-corrected chi connectivity index (χ2v) is 8.67. The summed E-state index contributed by atoms with van der Waals surface area (Å²) in [6, 6.07) is 19.3. The highest BCUT2D eigenvalue weighted by molar-refractivity contribution is 6.01. The predicted octanol–water partition coefficient (Wildman–Crippen LogP) is 4.48. The number of hydrogen-bond acceptors (Lipinski definition) is 7. The Labute approximate surface area is 209 Å². The number of piperazine rings is 1. The zero-order chi connectivity index (χ0) is 25.1. The van der Waals surface area contributed by atoms with E-state index in [0.717, 1.165) is 35.1 Å². The summed E-state index contributed by atoms with van der Waals surface area (Å²) < 4.78 is 22.1. The molecule has 1 saturated heterocycles. The van der Waals surface area contributed by atoms with Crippen LogP contribution in [-0.2, 0) is 6.54 Å². The van der Waals surface area contributed by atoms with Crippen molar-refractivity contribution in [3.05, 3.63) is 71.8 Å². The molecule has 0 atom stereocenters. The lowest BCUT2D eigenvalue weighted by molar-refractivity contribution is 0.0627. The first kappa shape index (κ1) is 23.7. The normalized spacial score (nSPS) is 14.1. The molecule has 0 saturated carbocycles. The Balaban J connectivity index is 1.28. The van der Waals surface area contributed by atoms with E-state index in [-0.39, 0.29) is 5.91 Å². The molecule has 5 rings (SSSR count). The molecule has 0 N–H and O–H groups in total. The van der Waals surface area contributed by atoms with Gasteiger partial charge in [0.1, 0.15) is 5.52 Å². The maximum absolute atomic E-state index is 13.3. The summed E-state index contributed by atoms with van der Waals surface area (Å²) >= 11 is 0. The van der Waals surface area contributed by atoms with E-state index in [1.54, 1.807) is 21.3 Å². The molecule has 1 aromatic heterocycles. The van der Waals surface area contributed by atoms with Gasteiger partial charge in [-0.05, 0) is 24.3 Å². The van der Waals surface area contributed by atoms with Crippen LogP contribution in [0, 0.1) is 0 Å². The summed E-state index contributed by atoms with van der Waals surface area (Å²) in [5.74, 6) is 2.58. The summed E-state index contributed by atoms with van der Waals surface area (Å²) in [6.07, 6.45) is 0. The number of fused-ring (bicyclic) bond motifs is 1. The molecule has 3 aromatic carbocycles. The highest BCUT2D eigenvalue weighted by atomic mass is 16.5. The third-order valence-electron chi connectivity index (χ3n) is 6.60. The summed E-state index contributed by atoms with van der Waals surface area (Å²) in [7, 11) is 4.84. The number of aromatic nitrogens is 1. The smallest absolute Gasteiger partial charge is 0.253 e. The van der Waals surface area contributed by atoms with E-state index in [0.29, 0.717) is 48.2 Å². The number of benzene rings is 3. The number of ether oxygens (including phenoxy) is 3. The van der Waals surface area contributed by atoms with Gasteiger partial charge in [0.15, 0.2) is 17.3 Å². The Kier molecular flexibility index (Phi) is 6.77. The van der Waals surface area contributed by atoms with Crippen LogP contribution < -0.4 is 14.2 Å². The molecular formula is C28H29N3O5. The van der Waals surface area contributed by atoms with Gasteiger partial charge in [-0.1, -0.05) is 41.6 Å². The van der Waals surface area contributed by atoms with E-state index in [1.165, 1.54) is 0 Å². The topological polar surface area (TPSA) is 77.3 Å². The summed E-state index contributed by atoms with van der Waals surface area (Å²) in [5.41, 5.74) is 3.32. The number of nitrogens with zero attached hydrogens (tertiary/aromatic N) is 3. The fourth-order valence-electron chi connectivity index (χ4n) is 4.69. The van der Waals surface area contributed by atoms with Gasteiger partial charge in [-0.2, -0.15) is 0 Å². The standard InChI is InChI=1S/C28H29N3O5/c1-33-24-12-10-21(26(34-2)27(24)35-3)18-30-13-15-31(16-14-30)28(32)20-9-11-23-22(17-20)25(36-29-23)19-7-5-4-6-8-19/h4-12,17H,13-16,18H2,1-3H3. The van der Waals surface area contributed by atoms with E-state index in [9.17, 15) is 4.79 Å². The summed E-state index contributed by atoms with van der Waals surface area (Å²) in [4.78, 5) is 17.6. The first-order valence-corrected chi connectivity index (χ1v) is 11.9. The van der Waals surface area contributed by atoms with Crippen LogP contribution in [-0.4, -0.2) is 68.4 Å². The van der Waals surface area contributed by atoms with Crippen molar-refractivity contribution in [2.24, 2.45) is 0 Å². The first-order chi connectivity index (χ1) is 17.6. The highest BCUT2D eigenvalue weighted by Crippen LogP contribution is 2.40. The van der Waals surface area contributed by atoms with Crippen molar-refractivity contribution < 1.29 is 23.5 Å². The van der Waals surface area contributed by atoms with Gasteiger partial charge in [-0.3, -0.25) is 9.69 Å². The van der Waals surface area contributed by atoms with Crippen molar-refractivity contribution in [3.8, 4) is 28.6 Å².